The molecule has 1 saturated carbocycles. The molecule has 7 nitrogen and oxygen atoms in total. The molecule has 1 aromatic carbocycles. The first-order valence-corrected chi connectivity index (χ1v) is 11.1. The second-order valence-corrected chi connectivity index (χ2v) is 8.85. The highest BCUT2D eigenvalue weighted by atomic mass is 19.4. The Kier molecular flexibility index (Phi) is 6.56. The summed E-state index contributed by atoms with van der Waals surface area (Å²) in [5.74, 6) is -0.414. The zero-order chi connectivity index (χ0) is 25.2. The number of ketones is 1. The average Bonchev–Trinajstić information content (AvgIpc) is 3.61. The van der Waals surface area contributed by atoms with E-state index in [1.54, 1.807) is 32.0 Å². The van der Waals surface area contributed by atoms with Crippen LogP contribution >= 0.6 is 0 Å². The average molecular weight is 483 g/mol. The van der Waals surface area contributed by atoms with Crippen molar-refractivity contribution >= 4 is 23.1 Å². The molecule has 2 aromatic heterocycles. The van der Waals surface area contributed by atoms with Gasteiger partial charge in [0.25, 0.3) is 0 Å². The SMILES string of the molecule is Cc1ccc(Nc2ccc(C(C)NC(=O)C3(CC(=O)c4cncnc4)CC3)nc2)c(C(F)(F)F)c1. The number of aryl methyl sites for hydroxylation is 1. The van der Waals surface area contributed by atoms with Crippen molar-refractivity contribution in [2.24, 2.45) is 5.41 Å². The summed E-state index contributed by atoms with van der Waals surface area (Å²) in [5.41, 5.74) is 0.233. The third kappa shape index (κ3) is 5.64. The number of rotatable bonds is 8. The maximum Gasteiger partial charge on any atom is 0.418 e. The Morgan fingerprint density at radius 3 is 2.40 bits per heavy atom. The molecule has 1 fully saturated rings. The van der Waals surface area contributed by atoms with Gasteiger partial charge in [-0.15, -0.1) is 0 Å². The second kappa shape index (κ2) is 9.44. The van der Waals surface area contributed by atoms with E-state index in [1.807, 2.05) is 0 Å². The first-order chi connectivity index (χ1) is 16.6. The third-order valence-corrected chi connectivity index (χ3v) is 6.05. The summed E-state index contributed by atoms with van der Waals surface area (Å²) in [6, 6.07) is 6.87. The minimum absolute atomic E-state index is 0.0665. The number of benzene rings is 1. The van der Waals surface area contributed by atoms with E-state index in [-0.39, 0.29) is 23.8 Å². The van der Waals surface area contributed by atoms with E-state index in [9.17, 15) is 22.8 Å². The minimum Gasteiger partial charge on any atom is -0.354 e. The van der Waals surface area contributed by atoms with Crippen LogP contribution in [0.25, 0.3) is 0 Å². The van der Waals surface area contributed by atoms with Gasteiger partial charge in [-0.25, -0.2) is 9.97 Å². The van der Waals surface area contributed by atoms with Crippen molar-refractivity contribution in [3.63, 3.8) is 0 Å². The van der Waals surface area contributed by atoms with Crippen molar-refractivity contribution in [2.75, 3.05) is 5.32 Å². The smallest absolute Gasteiger partial charge is 0.354 e. The van der Waals surface area contributed by atoms with Crippen molar-refractivity contribution in [1.82, 2.24) is 20.3 Å². The van der Waals surface area contributed by atoms with Crippen LogP contribution in [-0.2, 0) is 11.0 Å². The molecule has 10 heteroatoms. The normalized spacial score (nSPS) is 15.2. The number of hydrogen-bond acceptors (Lipinski definition) is 6. The van der Waals surface area contributed by atoms with Gasteiger partial charge in [0.15, 0.2) is 5.78 Å². The zero-order valence-electron chi connectivity index (χ0n) is 19.2. The lowest BCUT2D eigenvalue weighted by atomic mass is 9.95. The van der Waals surface area contributed by atoms with Crippen LogP contribution in [0.15, 0.2) is 55.2 Å². The predicted octanol–water partition coefficient (Wildman–Crippen LogP) is 5.17. The Morgan fingerprint density at radius 1 is 1.09 bits per heavy atom. The number of Topliss-reactive ketones (excluding diaryl/α,β-unsaturated/α-hetero) is 1. The molecule has 0 aliphatic heterocycles. The number of nitrogens with zero attached hydrogens (tertiary/aromatic N) is 3. The van der Waals surface area contributed by atoms with E-state index in [4.69, 9.17) is 0 Å². The maximum atomic E-state index is 13.4. The van der Waals surface area contributed by atoms with E-state index in [2.05, 4.69) is 25.6 Å². The standard InChI is InChI=1S/C25H24F3N5O2/c1-15-3-5-21(19(9-15)25(26,27)28)33-18-4-6-20(31-13-18)16(2)32-23(35)24(7-8-24)10-22(34)17-11-29-14-30-12-17/h3-6,9,11-14,16,33H,7-8,10H2,1-2H3,(H,32,35). The molecule has 1 atom stereocenters. The summed E-state index contributed by atoms with van der Waals surface area (Å²) in [4.78, 5) is 37.4. The van der Waals surface area contributed by atoms with Gasteiger partial charge in [0.2, 0.25) is 5.91 Å². The number of anilines is 2. The van der Waals surface area contributed by atoms with Gasteiger partial charge in [-0.1, -0.05) is 11.6 Å². The van der Waals surface area contributed by atoms with E-state index in [1.165, 1.54) is 31.0 Å². The number of carbonyl (C=O) groups is 2. The van der Waals surface area contributed by atoms with Crippen LogP contribution in [0.3, 0.4) is 0 Å². The molecular formula is C25H24F3N5O2. The van der Waals surface area contributed by atoms with Gasteiger partial charge in [-0.05, 0) is 51.0 Å². The van der Waals surface area contributed by atoms with Crippen LogP contribution in [-0.4, -0.2) is 26.6 Å². The fourth-order valence-corrected chi connectivity index (χ4v) is 3.80. The summed E-state index contributed by atoms with van der Waals surface area (Å²) in [5, 5.41) is 5.67. The fourth-order valence-electron chi connectivity index (χ4n) is 3.80. The Morgan fingerprint density at radius 2 is 1.80 bits per heavy atom. The van der Waals surface area contributed by atoms with Crippen LogP contribution in [0, 0.1) is 12.3 Å². The first-order valence-electron chi connectivity index (χ1n) is 11.1. The highest BCUT2D eigenvalue weighted by Gasteiger charge is 2.51. The Balaban J connectivity index is 1.39. The number of alkyl halides is 3. The van der Waals surface area contributed by atoms with Crippen molar-refractivity contribution in [3.05, 3.63) is 77.6 Å². The summed E-state index contributed by atoms with van der Waals surface area (Å²) in [7, 11) is 0. The molecule has 182 valence electrons. The van der Waals surface area contributed by atoms with Gasteiger partial charge in [-0.3, -0.25) is 14.6 Å². The number of pyridine rings is 1. The molecule has 0 saturated heterocycles. The molecule has 1 aliphatic rings. The van der Waals surface area contributed by atoms with Gasteiger partial charge in [0.1, 0.15) is 6.33 Å². The van der Waals surface area contributed by atoms with E-state index in [0.717, 1.165) is 6.07 Å². The first kappa shape index (κ1) is 24.3. The summed E-state index contributed by atoms with van der Waals surface area (Å²) < 4.78 is 40.1. The lowest BCUT2D eigenvalue weighted by molar-refractivity contribution is -0.137. The Labute approximate surface area is 200 Å². The van der Waals surface area contributed by atoms with Gasteiger partial charge in [-0.2, -0.15) is 13.2 Å². The molecule has 0 spiro atoms. The molecule has 1 aliphatic carbocycles. The number of hydrogen-bond donors (Lipinski definition) is 2. The van der Waals surface area contributed by atoms with Crippen LogP contribution in [0.4, 0.5) is 24.5 Å². The Bertz CT molecular complexity index is 1230. The highest BCUT2D eigenvalue weighted by molar-refractivity contribution is 6.00. The van der Waals surface area contributed by atoms with Crippen LogP contribution in [0.1, 0.15) is 59.4 Å². The lowest BCUT2D eigenvalue weighted by Gasteiger charge is -2.19. The minimum atomic E-state index is -4.49. The van der Waals surface area contributed by atoms with Gasteiger partial charge in [0, 0.05) is 18.8 Å². The van der Waals surface area contributed by atoms with Crippen molar-refractivity contribution in [3.8, 4) is 0 Å². The van der Waals surface area contributed by atoms with Crippen molar-refractivity contribution < 1.29 is 22.8 Å². The zero-order valence-corrected chi connectivity index (χ0v) is 19.2. The second-order valence-electron chi connectivity index (χ2n) is 8.85. The third-order valence-electron chi connectivity index (χ3n) is 6.05. The summed E-state index contributed by atoms with van der Waals surface area (Å²) in [6.45, 7) is 3.36. The molecule has 35 heavy (non-hydrogen) atoms. The molecule has 2 N–H and O–H groups in total. The number of aromatic nitrogens is 3. The quantitative estimate of drug-likeness (QED) is 0.429. The molecule has 3 aromatic rings. The molecule has 1 amide bonds. The van der Waals surface area contributed by atoms with Gasteiger partial charge >= 0.3 is 6.18 Å². The maximum absolute atomic E-state index is 13.4. The molecule has 0 radical (unpaired) electrons. The van der Waals surface area contributed by atoms with E-state index >= 15 is 0 Å². The highest BCUT2D eigenvalue weighted by Crippen LogP contribution is 2.50. The van der Waals surface area contributed by atoms with E-state index < -0.39 is 23.2 Å². The number of halogens is 3. The molecule has 1 unspecified atom stereocenters. The predicted molar refractivity (Wildman–Crippen MR) is 123 cm³/mol. The Hall–Kier alpha value is -3.82. The summed E-state index contributed by atoms with van der Waals surface area (Å²) in [6.07, 6.45) is 2.42. The van der Waals surface area contributed by atoms with Gasteiger partial charge in [0.05, 0.1) is 45.8 Å². The molecule has 0 bridgehead atoms. The van der Waals surface area contributed by atoms with Gasteiger partial charge < -0.3 is 10.6 Å². The monoisotopic (exact) mass is 483 g/mol. The number of amides is 1. The van der Waals surface area contributed by atoms with Crippen LogP contribution in [0.2, 0.25) is 0 Å². The van der Waals surface area contributed by atoms with Crippen molar-refractivity contribution in [1.29, 1.82) is 0 Å². The number of nitrogens with one attached hydrogen (secondary N) is 2. The molecular weight excluding hydrogens is 459 g/mol. The fraction of sp³-hybridized carbons (Fsp3) is 0.320. The molecule has 4 rings (SSSR count). The summed E-state index contributed by atoms with van der Waals surface area (Å²) >= 11 is 0. The lowest BCUT2D eigenvalue weighted by Crippen LogP contribution is -2.35. The molecule has 2 heterocycles. The largest absolute Gasteiger partial charge is 0.418 e. The van der Waals surface area contributed by atoms with E-state index in [0.29, 0.717) is 35.3 Å². The van der Waals surface area contributed by atoms with Crippen LogP contribution < -0.4 is 10.6 Å². The van der Waals surface area contributed by atoms with Crippen LogP contribution in [0.5, 0.6) is 0 Å². The van der Waals surface area contributed by atoms with Crippen molar-refractivity contribution in [2.45, 2.75) is 45.3 Å². The topological polar surface area (TPSA) is 96.9 Å². The number of carbonyl (C=O) groups excluding carboxylic acids is 2.